The van der Waals surface area contributed by atoms with Gasteiger partial charge in [0.15, 0.2) is 0 Å². The zero-order valence-electron chi connectivity index (χ0n) is 13.3. The van der Waals surface area contributed by atoms with E-state index in [4.69, 9.17) is 0 Å². The minimum absolute atomic E-state index is 0.909. The number of hydrogen-bond donors (Lipinski definition) is 0. The Bertz CT molecular complexity index is 197. The van der Waals surface area contributed by atoms with E-state index in [0.29, 0.717) is 0 Å². The maximum absolute atomic E-state index is 4.22. The summed E-state index contributed by atoms with van der Waals surface area (Å²) in [6.45, 7) is 6.33. The molecule has 19 heavy (non-hydrogen) atoms. The van der Waals surface area contributed by atoms with Crippen LogP contribution in [0, 0.1) is 0 Å². The van der Waals surface area contributed by atoms with Crippen molar-refractivity contribution in [3.05, 3.63) is 0 Å². The van der Waals surface area contributed by atoms with Gasteiger partial charge in [-0.25, -0.2) is 9.98 Å². The summed E-state index contributed by atoms with van der Waals surface area (Å²) < 4.78 is 0. The molecule has 0 amide bonds. The third kappa shape index (κ3) is 17.4. The molecule has 0 spiro atoms. The summed E-state index contributed by atoms with van der Waals surface area (Å²) in [5.74, 6) is 0. The molecule has 0 aliphatic rings. The van der Waals surface area contributed by atoms with Gasteiger partial charge in [0.1, 0.15) is 0 Å². The first-order chi connectivity index (χ1) is 9.41. The van der Waals surface area contributed by atoms with Crippen molar-refractivity contribution < 1.29 is 0 Å². The monoisotopic (exact) mass is 266 g/mol. The molecule has 0 aromatic carbocycles. The van der Waals surface area contributed by atoms with Crippen LogP contribution in [0.2, 0.25) is 0 Å². The predicted octanol–water partition coefficient (Wildman–Crippen LogP) is 5.88. The largest absolute Gasteiger partial charge is 0.226 e. The molecule has 0 aliphatic heterocycles. The molecule has 2 heteroatoms. The van der Waals surface area contributed by atoms with Crippen LogP contribution < -0.4 is 0 Å². The van der Waals surface area contributed by atoms with Crippen molar-refractivity contribution in [3.63, 3.8) is 0 Å². The molecular formula is C17H34N2. The Morgan fingerprint density at radius 3 is 1.32 bits per heavy atom. The number of hydrogen-bond acceptors (Lipinski definition) is 2. The van der Waals surface area contributed by atoms with Crippen molar-refractivity contribution in [2.45, 2.75) is 90.9 Å². The van der Waals surface area contributed by atoms with E-state index in [1.807, 2.05) is 0 Å². The Kier molecular flexibility index (Phi) is 16.8. The highest BCUT2D eigenvalue weighted by atomic mass is 14.8. The Morgan fingerprint density at radius 2 is 0.895 bits per heavy atom. The van der Waals surface area contributed by atoms with Gasteiger partial charge in [0.25, 0.3) is 0 Å². The quantitative estimate of drug-likeness (QED) is 0.277. The molecule has 0 aromatic heterocycles. The van der Waals surface area contributed by atoms with Gasteiger partial charge in [-0.3, -0.25) is 0 Å². The third-order valence-electron chi connectivity index (χ3n) is 3.39. The van der Waals surface area contributed by atoms with Crippen LogP contribution in [-0.2, 0) is 0 Å². The second-order valence-corrected chi connectivity index (χ2v) is 5.40. The second kappa shape index (κ2) is 17.4. The lowest BCUT2D eigenvalue weighted by Crippen LogP contribution is -1.84. The maximum atomic E-state index is 4.22. The Labute approximate surface area is 120 Å². The van der Waals surface area contributed by atoms with Crippen LogP contribution in [0.15, 0.2) is 9.98 Å². The van der Waals surface area contributed by atoms with Crippen molar-refractivity contribution in [2.24, 2.45) is 9.98 Å². The van der Waals surface area contributed by atoms with Gasteiger partial charge >= 0.3 is 0 Å². The lowest BCUT2D eigenvalue weighted by Gasteiger charge is -1.97. The van der Waals surface area contributed by atoms with Crippen LogP contribution in [0.3, 0.4) is 0 Å². The fourth-order valence-corrected chi connectivity index (χ4v) is 2.09. The molecule has 0 fully saturated rings. The summed E-state index contributed by atoms with van der Waals surface area (Å²) in [4.78, 5) is 8.44. The zero-order valence-corrected chi connectivity index (χ0v) is 13.3. The molecule has 0 heterocycles. The molecule has 0 atom stereocenters. The van der Waals surface area contributed by atoms with E-state index in [1.165, 1.54) is 77.0 Å². The second-order valence-electron chi connectivity index (χ2n) is 5.40. The first-order valence-electron chi connectivity index (χ1n) is 8.49. The molecule has 0 rings (SSSR count). The Balaban J connectivity index is 3.15. The van der Waals surface area contributed by atoms with Crippen LogP contribution in [-0.4, -0.2) is 19.1 Å². The maximum Gasteiger partial charge on any atom is 0.0892 e. The molecule has 0 unspecified atom stereocenters. The average Bonchev–Trinajstić information content (AvgIpc) is 2.43. The minimum atomic E-state index is 0.909. The molecule has 0 N–H and O–H groups in total. The molecule has 0 aromatic rings. The topological polar surface area (TPSA) is 24.7 Å². The fraction of sp³-hybridized carbons (Fsp3) is 0.941. The number of aliphatic imine (C=N–C) groups is 2. The molecule has 0 saturated heterocycles. The zero-order chi connectivity index (χ0) is 14.0. The highest BCUT2D eigenvalue weighted by Crippen LogP contribution is 2.05. The summed E-state index contributed by atoms with van der Waals surface area (Å²) in [6, 6.07) is 2.84. The van der Waals surface area contributed by atoms with Gasteiger partial charge in [-0.1, -0.05) is 78.1 Å². The van der Waals surface area contributed by atoms with Crippen LogP contribution in [0.25, 0.3) is 0 Å². The molecule has 0 radical (unpaired) electrons. The highest BCUT2D eigenvalue weighted by molar-refractivity contribution is 5.40. The van der Waals surface area contributed by atoms with E-state index in [0.717, 1.165) is 13.1 Å². The lowest BCUT2D eigenvalue weighted by atomic mass is 10.1. The summed E-state index contributed by atoms with van der Waals surface area (Å²) in [6.07, 6.45) is 15.9. The minimum Gasteiger partial charge on any atom is -0.226 e. The SMILES string of the molecule is CCCCCCCCN=C=NCCCCCCCC. The molecule has 0 saturated carbocycles. The van der Waals surface area contributed by atoms with Gasteiger partial charge in [-0.15, -0.1) is 0 Å². The summed E-state index contributed by atoms with van der Waals surface area (Å²) in [7, 11) is 0. The van der Waals surface area contributed by atoms with Gasteiger partial charge in [-0.2, -0.15) is 0 Å². The van der Waals surface area contributed by atoms with E-state index >= 15 is 0 Å². The molecule has 0 bridgehead atoms. The summed E-state index contributed by atoms with van der Waals surface area (Å²) in [5.41, 5.74) is 0. The van der Waals surface area contributed by atoms with Crippen LogP contribution in [0.1, 0.15) is 90.9 Å². The van der Waals surface area contributed by atoms with Crippen molar-refractivity contribution in [2.75, 3.05) is 13.1 Å². The Morgan fingerprint density at radius 1 is 0.526 bits per heavy atom. The van der Waals surface area contributed by atoms with Crippen molar-refractivity contribution >= 4 is 6.01 Å². The first kappa shape index (κ1) is 18.4. The molecule has 0 aliphatic carbocycles. The molecule has 112 valence electrons. The van der Waals surface area contributed by atoms with Gasteiger partial charge < -0.3 is 0 Å². The number of nitrogens with zero attached hydrogens (tertiary/aromatic N) is 2. The summed E-state index contributed by atoms with van der Waals surface area (Å²) >= 11 is 0. The van der Waals surface area contributed by atoms with Crippen molar-refractivity contribution in [1.82, 2.24) is 0 Å². The normalized spacial score (nSPS) is 10.2. The van der Waals surface area contributed by atoms with Crippen molar-refractivity contribution in [1.29, 1.82) is 0 Å². The van der Waals surface area contributed by atoms with E-state index in [9.17, 15) is 0 Å². The number of unbranched alkanes of at least 4 members (excludes halogenated alkanes) is 10. The summed E-state index contributed by atoms with van der Waals surface area (Å²) in [5, 5.41) is 0. The third-order valence-corrected chi connectivity index (χ3v) is 3.39. The standard InChI is InChI=1S/C17H34N2/c1-3-5-7-9-11-13-15-18-17-19-16-14-12-10-8-6-4-2/h3-16H2,1-2H3. The van der Waals surface area contributed by atoms with Crippen LogP contribution in [0.5, 0.6) is 0 Å². The van der Waals surface area contributed by atoms with Gasteiger partial charge in [0.05, 0.1) is 6.01 Å². The smallest absolute Gasteiger partial charge is 0.0892 e. The highest BCUT2D eigenvalue weighted by Gasteiger charge is 1.89. The van der Waals surface area contributed by atoms with Gasteiger partial charge in [-0.05, 0) is 12.8 Å². The van der Waals surface area contributed by atoms with Crippen LogP contribution >= 0.6 is 0 Å². The van der Waals surface area contributed by atoms with E-state index < -0.39 is 0 Å². The predicted molar refractivity (Wildman–Crippen MR) is 86.3 cm³/mol. The fourth-order valence-electron chi connectivity index (χ4n) is 2.09. The molecule has 2 nitrogen and oxygen atoms in total. The van der Waals surface area contributed by atoms with E-state index in [2.05, 4.69) is 29.8 Å². The lowest BCUT2D eigenvalue weighted by molar-refractivity contribution is 0.611. The first-order valence-corrected chi connectivity index (χ1v) is 8.49. The number of rotatable bonds is 14. The van der Waals surface area contributed by atoms with Crippen LogP contribution in [0.4, 0.5) is 0 Å². The van der Waals surface area contributed by atoms with Crippen molar-refractivity contribution in [3.8, 4) is 0 Å². The Hall–Kier alpha value is -0.620. The van der Waals surface area contributed by atoms with Gasteiger partial charge in [0.2, 0.25) is 0 Å². The average molecular weight is 266 g/mol. The van der Waals surface area contributed by atoms with E-state index in [-0.39, 0.29) is 0 Å². The van der Waals surface area contributed by atoms with E-state index in [1.54, 1.807) is 0 Å². The molecular weight excluding hydrogens is 232 g/mol. The van der Waals surface area contributed by atoms with Gasteiger partial charge in [0, 0.05) is 13.1 Å².